The smallest absolute Gasteiger partial charge is 0.769 e. The van der Waals surface area contributed by atoms with E-state index in [1.54, 1.807) is 0 Å². The number of carbonyl (C=O) groups excluding carboxylic acids is 2. The van der Waals surface area contributed by atoms with E-state index in [0.717, 1.165) is 13.8 Å². The number of carboxylic acids is 2. The fraction of sp³-hybridized carbons (Fsp3) is 0.667. The van der Waals surface area contributed by atoms with Gasteiger partial charge in [0.1, 0.15) is 0 Å². The van der Waals surface area contributed by atoms with Crippen LogP contribution in [0.25, 0.3) is 0 Å². The third-order valence-electron chi connectivity index (χ3n) is 0.682. The van der Waals surface area contributed by atoms with Crippen molar-refractivity contribution < 1.29 is 68.9 Å². The molecule has 0 aliphatic heterocycles. The van der Waals surface area contributed by atoms with Gasteiger partial charge in [-0.2, -0.15) is 0 Å². The molecule has 0 saturated heterocycles. The number of aliphatic hydroxyl groups excluding tert-OH is 2. The van der Waals surface area contributed by atoms with E-state index in [9.17, 15) is 19.8 Å². The van der Waals surface area contributed by atoms with Crippen molar-refractivity contribution in [2.24, 2.45) is 0 Å². The second-order valence-corrected chi connectivity index (χ2v) is 1.99. The van der Waals surface area contributed by atoms with Crippen molar-refractivity contribution in [3.63, 3.8) is 0 Å². The minimum absolute atomic E-state index is 0. The zero-order valence-electron chi connectivity index (χ0n) is 9.83. The second-order valence-electron chi connectivity index (χ2n) is 1.99. The first-order valence-corrected chi connectivity index (χ1v) is 3.99. The Kier molecular flexibility index (Phi) is 62.1. The molecule has 0 amide bonds. The number of halogens is 2. The Morgan fingerprint density at radius 1 is 0.889 bits per heavy atom. The number of aliphatic hydroxyl groups is 2. The van der Waals surface area contributed by atoms with Crippen molar-refractivity contribution in [1.82, 2.24) is 0 Å². The maximum absolute atomic E-state index is 9.34. The van der Waals surface area contributed by atoms with Crippen molar-refractivity contribution in [1.29, 1.82) is 0 Å². The summed E-state index contributed by atoms with van der Waals surface area (Å²) in [6.45, 7) is 2.27. The minimum atomic E-state index is -1.44. The number of rotatable bonds is 2. The third kappa shape index (κ3) is 54.0. The van der Waals surface area contributed by atoms with Crippen LogP contribution in [0, 0.1) is 0 Å². The van der Waals surface area contributed by atoms with Gasteiger partial charge in [0.25, 0.3) is 0 Å². The van der Waals surface area contributed by atoms with Gasteiger partial charge < -0.3 is 39.3 Å². The SMILES string of the molecule is CC(O)C(=O)[O-].CC(O)C(=O)[O-].[Al+3].[Na+].[O-]Cl.[O-]Cl. The Labute approximate surface area is 147 Å². The van der Waals surface area contributed by atoms with E-state index < -0.39 is 24.1 Å². The van der Waals surface area contributed by atoms with Crippen molar-refractivity contribution in [2.75, 3.05) is 0 Å². The van der Waals surface area contributed by atoms with E-state index in [0.29, 0.717) is 0 Å². The van der Waals surface area contributed by atoms with Gasteiger partial charge >= 0.3 is 46.9 Å². The van der Waals surface area contributed by atoms with Crippen LogP contribution < -0.4 is 49.1 Å². The molecule has 0 aromatic carbocycles. The largest absolute Gasteiger partial charge is 3.00 e. The van der Waals surface area contributed by atoms with Crippen LogP contribution in [0.15, 0.2) is 0 Å². The van der Waals surface area contributed by atoms with E-state index in [1.165, 1.54) is 0 Å². The van der Waals surface area contributed by atoms with Gasteiger partial charge in [0, 0.05) is 0 Å². The van der Waals surface area contributed by atoms with Crippen LogP contribution >= 0.6 is 23.7 Å². The molecule has 0 saturated carbocycles. The summed E-state index contributed by atoms with van der Waals surface area (Å²) in [6.07, 6.45) is -2.69. The summed E-state index contributed by atoms with van der Waals surface area (Å²) in [4.78, 5) is 18.7. The Morgan fingerprint density at radius 2 is 0.944 bits per heavy atom. The average Bonchev–Trinajstić information content (AvgIpc) is 2.24. The van der Waals surface area contributed by atoms with Crippen molar-refractivity contribution >= 4 is 53.0 Å². The first kappa shape index (κ1) is 36.4. The van der Waals surface area contributed by atoms with E-state index in [1.807, 2.05) is 0 Å². The number of aliphatic carboxylic acids is 2. The molecule has 0 aliphatic rings. The molecule has 2 unspecified atom stereocenters. The van der Waals surface area contributed by atoms with E-state index in [2.05, 4.69) is 23.7 Å². The fourth-order valence-electron chi connectivity index (χ4n) is 0. The van der Waals surface area contributed by atoms with Crippen LogP contribution in [0.5, 0.6) is 0 Å². The molecule has 0 heterocycles. The molecule has 2 N–H and O–H groups in total. The summed E-state index contributed by atoms with van der Waals surface area (Å²) in [7, 11) is 0. The molecule has 18 heavy (non-hydrogen) atoms. The Balaban J connectivity index is -0.0000000287. The molecule has 0 aliphatic carbocycles. The molecule has 2 atom stereocenters. The topological polar surface area (TPSA) is 167 Å². The second kappa shape index (κ2) is 30.7. The predicted molar refractivity (Wildman–Crippen MR) is 50.8 cm³/mol. The standard InChI is InChI=1S/2C3H6O3.Al.2ClO.Na/c2*1-2(4)3(5)6;;2*1-2;/h2*2,4H,1H3,(H,5,6);;;;/q;;+3;2*-1;+1/p-2. The van der Waals surface area contributed by atoms with Crippen LogP contribution in [0.4, 0.5) is 0 Å². The molecular formula is C6H10AlCl2NaO8. The van der Waals surface area contributed by atoms with Crippen LogP contribution in [0.2, 0.25) is 0 Å². The van der Waals surface area contributed by atoms with Gasteiger partial charge in [-0.1, -0.05) is 0 Å². The Hall–Kier alpha value is 0.892. The fourth-order valence-corrected chi connectivity index (χ4v) is 0. The molecule has 0 spiro atoms. The molecule has 12 heteroatoms. The number of carbonyl (C=O) groups is 2. The van der Waals surface area contributed by atoms with Crippen molar-refractivity contribution in [3.8, 4) is 0 Å². The molecule has 100 valence electrons. The van der Waals surface area contributed by atoms with Crippen molar-refractivity contribution in [3.05, 3.63) is 0 Å². The molecule has 0 aromatic rings. The van der Waals surface area contributed by atoms with E-state index in [4.69, 9.17) is 19.5 Å². The molecular weight excluding hydrogens is 321 g/mol. The number of hydrogen-bond donors (Lipinski definition) is 2. The summed E-state index contributed by atoms with van der Waals surface area (Å²) >= 11 is 6.78. The zero-order valence-corrected chi connectivity index (χ0v) is 14.5. The van der Waals surface area contributed by atoms with Crippen LogP contribution in [-0.4, -0.2) is 51.7 Å². The number of carboxylic acid groups (broad SMARTS) is 2. The Morgan fingerprint density at radius 3 is 0.944 bits per heavy atom. The van der Waals surface area contributed by atoms with E-state index >= 15 is 0 Å². The zero-order chi connectivity index (χ0) is 14.3. The molecule has 0 fully saturated rings. The van der Waals surface area contributed by atoms with Gasteiger partial charge in [-0.3, -0.25) is 0 Å². The monoisotopic (exact) mass is 330 g/mol. The van der Waals surface area contributed by atoms with Gasteiger partial charge in [0.15, 0.2) is 0 Å². The van der Waals surface area contributed by atoms with Gasteiger partial charge in [-0.15, -0.1) is 0 Å². The molecule has 0 aromatic heterocycles. The van der Waals surface area contributed by atoms with Crippen molar-refractivity contribution in [2.45, 2.75) is 26.1 Å². The van der Waals surface area contributed by atoms with Gasteiger partial charge in [-0.05, 0) is 13.8 Å². The molecule has 0 radical (unpaired) electrons. The van der Waals surface area contributed by atoms with E-state index in [-0.39, 0.29) is 46.9 Å². The minimum Gasteiger partial charge on any atom is -0.769 e. The first-order valence-electron chi connectivity index (χ1n) is 3.37. The predicted octanol–water partition coefficient (Wildman–Crippen LogP) is -8.14. The first-order chi connectivity index (χ1) is 7.29. The maximum atomic E-state index is 9.34. The summed E-state index contributed by atoms with van der Waals surface area (Å²) in [5.41, 5.74) is 0. The average molecular weight is 331 g/mol. The van der Waals surface area contributed by atoms with Crippen LogP contribution in [-0.2, 0) is 9.59 Å². The molecule has 0 bridgehead atoms. The quantitative estimate of drug-likeness (QED) is 0.470. The summed E-state index contributed by atoms with van der Waals surface area (Å²) < 4.78 is 15.4. The van der Waals surface area contributed by atoms with Gasteiger partial charge in [0.05, 0.1) is 24.1 Å². The third-order valence-corrected chi connectivity index (χ3v) is 0.682. The summed E-state index contributed by atoms with van der Waals surface area (Å²) in [5, 5.41) is 34.6. The number of hydrogen-bond acceptors (Lipinski definition) is 8. The van der Waals surface area contributed by atoms with Crippen LogP contribution in [0.3, 0.4) is 0 Å². The van der Waals surface area contributed by atoms with Crippen LogP contribution in [0.1, 0.15) is 13.8 Å². The molecule has 8 nitrogen and oxygen atoms in total. The van der Waals surface area contributed by atoms with Gasteiger partial charge in [0.2, 0.25) is 0 Å². The Bertz CT molecular complexity index is 154. The summed E-state index contributed by atoms with van der Waals surface area (Å²) in [6, 6.07) is 0. The van der Waals surface area contributed by atoms with Gasteiger partial charge in [-0.25, -0.2) is 23.7 Å². The maximum Gasteiger partial charge on any atom is 3.00 e. The molecule has 0 rings (SSSR count). The summed E-state index contributed by atoms with van der Waals surface area (Å²) in [5.74, 6) is -2.87. The normalized spacial score (nSPS) is 9.78.